The van der Waals surface area contributed by atoms with Gasteiger partial charge >= 0.3 is 33.9 Å². The SMILES string of the molecule is CCCc1cc(OC)c(C)cc1O[Si](C)(C)C(C)(C)C.[C-]#[O+].[C-]#[O+].[C-]#[O+].[Cr]. The van der Waals surface area contributed by atoms with Crippen molar-refractivity contribution in [2.75, 3.05) is 7.11 Å². The molecular weight excluding hydrogens is 400 g/mol. The van der Waals surface area contributed by atoms with Gasteiger partial charge in [0.15, 0.2) is 0 Å². The zero-order valence-corrected chi connectivity index (χ0v) is 19.8. The zero-order valence-electron chi connectivity index (χ0n) is 17.5. The molecule has 0 atom stereocenters. The number of ether oxygens (including phenoxy) is 1. The number of benzene rings is 1. The van der Waals surface area contributed by atoms with Gasteiger partial charge in [-0.2, -0.15) is 0 Å². The molecule has 0 aliphatic carbocycles. The molecule has 1 aromatic carbocycles. The van der Waals surface area contributed by atoms with Crippen molar-refractivity contribution < 1.29 is 40.5 Å². The number of rotatable bonds is 5. The smallest absolute Gasteiger partial charge is 0 e. The van der Waals surface area contributed by atoms with E-state index in [9.17, 15) is 0 Å². The molecule has 1 rings (SSSR count). The summed E-state index contributed by atoms with van der Waals surface area (Å²) in [4.78, 5) is 0. The first-order valence-corrected chi connectivity index (χ1v) is 11.0. The quantitative estimate of drug-likeness (QED) is 0.364. The molecule has 1 aromatic rings. The molecule has 0 saturated heterocycles. The van der Waals surface area contributed by atoms with Crippen molar-refractivity contribution >= 4 is 8.32 Å². The van der Waals surface area contributed by atoms with Gasteiger partial charge in [0.05, 0.1) is 7.11 Å². The van der Waals surface area contributed by atoms with Crippen LogP contribution in [-0.2, 0) is 37.7 Å². The number of hydrogen-bond donors (Lipinski definition) is 0. The average Bonchev–Trinajstić information content (AvgIpc) is 2.61. The van der Waals surface area contributed by atoms with Gasteiger partial charge < -0.3 is 9.16 Å². The van der Waals surface area contributed by atoms with Crippen molar-refractivity contribution in [1.82, 2.24) is 0 Å². The van der Waals surface area contributed by atoms with Crippen molar-refractivity contribution in [3.8, 4) is 11.5 Å². The van der Waals surface area contributed by atoms with Crippen molar-refractivity contribution in [2.24, 2.45) is 0 Å². The van der Waals surface area contributed by atoms with E-state index in [1.165, 1.54) is 5.56 Å². The molecule has 0 bridgehead atoms. The molecule has 5 nitrogen and oxygen atoms in total. The van der Waals surface area contributed by atoms with E-state index >= 15 is 0 Å². The molecular formula is C20H30CrO5Si. The molecule has 0 aliphatic heterocycles. The third-order valence-corrected chi connectivity index (χ3v) is 8.61. The van der Waals surface area contributed by atoms with Gasteiger partial charge in [0.25, 0.3) is 0 Å². The predicted octanol–water partition coefficient (Wildman–Crippen LogP) is 5.23. The van der Waals surface area contributed by atoms with Crippen LogP contribution in [0.4, 0.5) is 0 Å². The topological polar surface area (TPSA) is 78.2 Å². The first-order valence-electron chi connectivity index (χ1n) is 8.10. The van der Waals surface area contributed by atoms with Gasteiger partial charge in [-0.1, -0.05) is 34.1 Å². The van der Waals surface area contributed by atoms with E-state index in [2.05, 4.69) is 79.8 Å². The second-order valence-electron chi connectivity index (χ2n) is 7.04. The summed E-state index contributed by atoms with van der Waals surface area (Å²) in [6, 6.07) is 4.28. The van der Waals surface area contributed by atoms with Gasteiger partial charge in [-0.05, 0) is 54.7 Å². The summed E-state index contributed by atoms with van der Waals surface area (Å²) in [5.74, 6) is 2.01. The Morgan fingerprint density at radius 2 is 1.41 bits per heavy atom. The van der Waals surface area contributed by atoms with E-state index in [0.717, 1.165) is 29.9 Å². The summed E-state index contributed by atoms with van der Waals surface area (Å²) >= 11 is 0. The van der Waals surface area contributed by atoms with Gasteiger partial charge in [-0.3, -0.25) is 0 Å². The Balaban J connectivity index is -0.000000342. The molecule has 7 heteroatoms. The number of hydrogen-bond acceptors (Lipinski definition) is 2. The summed E-state index contributed by atoms with van der Waals surface area (Å²) in [6.07, 6.45) is 2.14. The minimum atomic E-state index is -1.80. The molecule has 27 heavy (non-hydrogen) atoms. The van der Waals surface area contributed by atoms with Crippen LogP contribution in [0.2, 0.25) is 18.1 Å². The Bertz CT molecular complexity index is 572. The van der Waals surface area contributed by atoms with E-state index in [-0.39, 0.29) is 22.4 Å². The minimum Gasteiger partial charge on any atom is 0 e. The summed E-state index contributed by atoms with van der Waals surface area (Å²) in [6.45, 7) is 29.2. The first-order chi connectivity index (χ1) is 12.1. The molecule has 150 valence electrons. The maximum Gasteiger partial charge on any atom is 0 e. The van der Waals surface area contributed by atoms with E-state index < -0.39 is 8.32 Å². The molecule has 0 saturated carbocycles. The third-order valence-electron chi connectivity index (χ3n) is 4.27. The van der Waals surface area contributed by atoms with Gasteiger partial charge in [0, 0.05) is 17.4 Å². The van der Waals surface area contributed by atoms with Gasteiger partial charge in [0.2, 0.25) is 8.32 Å². The Morgan fingerprint density at radius 3 is 1.74 bits per heavy atom. The van der Waals surface area contributed by atoms with Crippen LogP contribution in [0.1, 0.15) is 45.2 Å². The van der Waals surface area contributed by atoms with Crippen molar-refractivity contribution in [3.63, 3.8) is 0 Å². The monoisotopic (exact) mass is 430 g/mol. The van der Waals surface area contributed by atoms with Crippen LogP contribution < -0.4 is 9.16 Å². The second kappa shape index (κ2) is 16.9. The van der Waals surface area contributed by atoms with Gasteiger partial charge in [-0.25, -0.2) is 0 Å². The van der Waals surface area contributed by atoms with Crippen molar-refractivity contribution in [2.45, 2.75) is 65.6 Å². The van der Waals surface area contributed by atoms with Crippen LogP contribution in [0.25, 0.3) is 0 Å². The maximum atomic E-state index is 7.50. The maximum absolute atomic E-state index is 7.50. The van der Waals surface area contributed by atoms with Crippen LogP contribution in [0.15, 0.2) is 12.1 Å². The van der Waals surface area contributed by atoms with Crippen LogP contribution in [0, 0.1) is 26.9 Å². The van der Waals surface area contributed by atoms with Gasteiger partial charge in [0.1, 0.15) is 11.5 Å². The minimum absolute atomic E-state index is 0. The number of methoxy groups -OCH3 is 1. The third kappa shape index (κ3) is 11.3. The molecule has 0 unspecified atom stereocenters. The first kappa shape index (κ1) is 33.4. The van der Waals surface area contributed by atoms with Crippen molar-refractivity contribution in [3.05, 3.63) is 43.2 Å². The fourth-order valence-corrected chi connectivity index (χ4v) is 2.96. The van der Waals surface area contributed by atoms with E-state index in [1.54, 1.807) is 7.11 Å². The molecule has 0 heterocycles. The summed E-state index contributed by atoms with van der Waals surface area (Å²) < 4.78 is 34.5. The Labute approximate surface area is 176 Å². The molecule has 0 N–H and O–H groups in total. The van der Waals surface area contributed by atoms with Crippen LogP contribution in [-0.4, -0.2) is 15.4 Å². The average molecular weight is 431 g/mol. The second-order valence-corrected chi connectivity index (χ2v) is 11.8. The van der Waals surface area contributed by atoms with Crippen LogP contribution in [0.5, 0.6) is 11.5 Å². The summed E-state index contributed by atoms with van der Waals surface area (Å²) in [5, 5.41) is 0.213. The fourth-order valence-electron chi connectivity index (χ4n) is 1.91. The standard InChI is InChI=1S/C17H30O2Si.3CO.Cr/c1-9-10-14-12-15(18-6)13(2)11-16(14)19-20(7,8)17(3,4)5;3*1-2;/h11-12H,9-10H2,1-8H3;;;;. The fraction of sp³-hybridized carbons (Fsp3) is 0.550. The predicted molar refractivity (Wildman–Crippen MR) is 101 cm³/mol. The number of aryl methyl sites for hydroxylation is 2. The molecule has 0 spiro atoms. The van der Waals surface area contributed by atoms with E-state index in [4.69, 9.17) is 23.1 Å². The Kier molecular flexibility index (Phi) is 20.9. The zero-order chi connectivity index (χ0) is 21.6. The van der Waals surface area contributed by atoms with Crippen molar-refractivity contribution in [1.29, 1.82) is 0 Å². The molecule has 0 radical (unpaired) electrons. The normalized spacial score (nSPS) is 9.41. The molecule has 0 aliphatic rings. The molecule has 0 aromatic heterocycles. The summed E-state index contributed by atoms with van der Waals surface area (Å²) in [5.41, 5.74) is 2.40. The largest absolute Gasteiger partial charge is 0 e. The van der Waals surface area contributed by atoms with E-state index in [1.807, 2.05) is 0 Å². The Morgan fingerprint density at radius 1 is 0.963 bits per heavy atom. The van der Waals surface area contributed by atoms with Gasteiger partial charge in [-0.15, -0.1) is 0 Å². The summed E-state index contributed by atoms with van der Waals surface area (Å²) in [7, 11) is -0.0689. The van der Waals surface area contributed by atoms with Crippen LogP contribution in [0.3, 0.4) is 0 Å². The molecule has 0 amide bonds. The molecule has 0 fully saturated rings. The Hall–Kier alpha value is -1.21. The van der Waals surface area contributed by atoms with E-state index in [0.29, 0.717) is 0 Å². The van der Waals surface area contributed by atoms with Crippen LogP contribution >= 0.6 is 0 Å².